The zero-order valence-electron chi connectivity index (χ0n) is 11.3. The molecule has 3 nitrogen and oxygen atoms in total. The SMILES string of the molecule is Cc1cccc(C)c1C(C(N)=O)N1CCCCC1. The number of nitrogens with zero attached hydrogens (tertiary/aromatic N) is 1. The molecule has 98 valence electrons. The first kappa shape index (κ1) is 13.1. The molecule has 0 saturated carbocycles. The third-order valence-corrected chi connectivity index (χ3v) is 3.84. The van der Waals surface area contributed by atoms with Crippen molar-refractivity contribution in [1.29, 1.82) is 0 Å². The Kier molecular flexibility index (Phi) is 4.02. The van der Waals surface area contributed by atoms with E-state index in [-0.39, 0.29) is 11.9 Å². The van der Waals surface area contributed by atoms with E-state index < -0.39 is 0 Å². The molecule has 1 aliphatic heterocycles. The zero-order valence-corrected chi connectivity index (χ0v) is 11.3. The Labute approximate surface area is 109 Å². The number of rotatable bonds is 3. The van der Waals surface area contributed by atoms with Gasteiger partial charge >= 0.3 is 0 Å². The number of piperidine rings is 1. The smallest absolute Gasteiger partial charge is 0.239 e. The van der Waals surface area contributed by atoms with Crippen LogP contribution in [-0.2, 0) is 4.79 Å². The number of carbonyl (C=O) groups excluding carboxylic acids is 1. The van der Waals surface area contributed by atoms with E-state index in [0.717, 1.165) is 42.6 Å². The van der Waals surface area contributed by atoms with Gasteiger partial charge in [0.25, 0.3) is 0 Å². The second-order valence-electron chi connectivity index (χ2n) is 5.21. The Hall–Kier alpha value is -1.35. The van der Waals surface area contributed by atoms with Gasteiger partial charge in [-0.05, 0) is 56.5 Å². The lowest BCUT2D eigenvalue weighted by Gasteiger charge is -2.34. The molecule has 1 aromatic carbocycles. The Bertz CT molecular complexity index is 416. The third kappa shape index (κ3) is 2.56. The van der Waals surface area contributed by atoms with Crippen molar-refractivity contribution in [3.63, 3.8) is 0 Å². The van der Waals surface area contributed by atoms with Crippen molar-refractivity contribution in [2.75, 3.05) is 13.1 Å². The van der Waals surface area contributed by atoms with Crippen LogP contribution < -0.4 is 5.73 Å². The van der Waals surface area contributed by atoms with Crippen LogP contribution in [0.4, 0.5) is 0 Å². The molecule has 0 aromatic heterocycles. The van der Waals surface area contributed by atoms with E-state index in [1.807, 2.05) is 6.07 Å². The highest BCUT2D eigenvalue weighted by atomic mass is 16.1. The highest BCUT2D eigenvalue weighted by Gasteiger charge is 2.29. The summed E-state index contributed by atoms with van der Waals surface area (Å²) < 4.78 is 0. The van der Waals surface area contributed by atoms with Gasteiger partial charge in [-0.15, -0.1) is 0 Å². The Morgan fingerprint density at radius 3 is 2.22 bits per heavy atom. The molecule has 0 spiro atoms. The van der Waals surface area contributed by atoms with Crippen molar-refractivity contribution in [3.8, 4) is 0 Å². The lowest BCUT2D eigenvalue weighted by molar-refractivity contribution is -0.123. The van der Waals surface area contributed by atoms with Crippen LogP contribution >= 0.6 is 0 Å². The summed E-state index contributed by atoms with van der Waals surface area (Å²) in [6.07, 6.45) is 3.58. The van der Waals surface area contributed by atoms with Crippen molar-refractivity contribution in [1.82, 2.24) is 4.90 Å². The minimum absolute atomic E-state index is 0.227. The van der Waals surface area contributed by atoms with E-state index in [2.05, 4.69) is 30.9 Å². The summed E-state index contributed by atoms with van der Waals surface area (Å²) in [6, 6.07) is 5.89. The maximum absolute atomic E-state index is 11.9. The average Bonchev–Trinajstić information content (AvgIpc) is 2.34. The van der Waals surface area contributed by atoms with Crippen molar-refractivity contribution in [2.24, 2.45) is 5.73 Å². The first-order chi connectivity index (χ1) is 8.61. The molecule has 3 heteroatoms. The normalized spacial score (nSPS) is 18.6. The molecule has 0 bridgehead atoms. The standard InChI is InChI=1S/C15H22N2O/c1-11-7-6-8-12(2)13(11)14(15(16)18)17-9-4-3-5-10-17/h6-8,14H,3-5,9-10H2,1-2H3,(H2,16,18). The quantitative estimate of drug-likeness (QED) is 0.889. The van der Waals surface area contributed by atoms with Gasteiger partial charge in [-0.3, -0.25) is 9.69 Å². The van der Waals surface area contributed by atoms with Crippen LogP contribution in [0.1, 0.15) is 42.0 Å². The summed E-state index contributed by atoms with van der Waals surface area (Å²) in [7, 11) is 0. The lowest BCUT2D eigenvalue weighted by Crippen LogP contribution is -2.41. The van der Waals surface area contributed by atoms with Crippen LogP contribution in [0.3, 0.4) is 0 Å². The highest BCUT2D eigenvalue weighted by Crippen LogP contribution is 2.29. The molecular formula is C15H22N2O. The fourth-order valence-electron chi connectivity index (χ4n) is 2.94. The topological polar surface area (TPSA) is 46.3 Å². The molecule has 0 aliphatic carbocycles. The van der Waals surface area contributed by atoms with Gasteiger partial charge in [-0.1, -0.05) is 24.6 Å². The summed E-state index contributed by atoms with van der Waals surface area (Å²) >= 11 is 0. The number of hydrogen-bond acceptors (Lipinski definition) is 2. The first-order valence-corrected chi connectivity index (χ1v) is 6.70. The van der Waals surface area contributed by atoms with Crippen LogP contribution in [0.25, 0.3) is 0 Å². The number of carbonyl (C=O) groups is 1. The van der Waals surface area contributed by atoms with E-state index in [9.17, 15) is 4.79 Å². The van der Waals surface area contributed by atoms with E-state index in [0.29, 0.717) is 0 Å². The maximum Gasteiger partial charge on any atom is 0.239 e. The first-order valence-electron chi connectivity index (χ1n) is 6.70. The predicted octanol–water partition coefficient (Wildman–Crippen LogP) is 2.32. The molecule has 2 N–H and O–H groups in total. The molecule has 1 atom stereocenters. The number of hydrogen-bond donors (Lipinski definition) is 1. The Morgan fingerprint density at radius 1 is 1.17 bits per heavy atom. The predicted molar refractivity (Wildman–Crippen MR) is 73.3 cm³/mol. The summed E-state index contributed by atoms with van der Waals surface area (Å²) in [6.45, 7) is 6.06. The van der Waals surface area contributed by atoms with Gasteiger partial charge in [0, 0.05) is 0 Å². The zero-order chi connectivity index (χ0) is 13.1. The van der Waals surface area contributed by atoms with E-state index in [1.165, 1.54) is 6.42 Å². The van der Waals surface area contributed by atoms with Gasteiger partial charge in [0.15, 0.2) is 0 Å². The molecule has 18 heavy (non-hydrogen) atoms. The van der Waals surface area contributed by atoms with Crippen molar-refractivity contribution in [3.05, 3.63) is 34.9 Å². The number of likely N-dealkylation sites (tertiary alicyclic amines) is 1. The van der Waals surface area contributed by atoms with Crippen LogP contribution in [0.2, 0.25) is 0 Å². The summed E-state index contributed by atoms with van der Waals surface area (Å²) in [5.41, 5.74) is 9.07. The minimum atomic E-state index is -0.258. The van der Waals surface area contributed by atoms with Gasteiger partial charge in [0.1, 0.15) is 6.04 Å². The number of benzene rings is 1. The average molecular weight is 246 g/mol. The van der Waals surface area contributed by atoms with Gasteiger partial charge in [0.2, 0.25) is 5.91 Å². The molecule has 2 rings (SSSR count). The van der Waals surface area contributed by atoms with Crippen molar-refractivity contribution in [2.45, 2.75) is 39.2 Å². The number of primary amides is 1. The third-order valence-electron chi connectivity index (χ3n) is 3.84. The molecule has 1 heterocycles. The van der Waals surface area contributed by atoms with Crippen molar-refractivity contribution >= 4 is 5.91 Å². The largest absolute Gasteiger partial charge is 0.368 e. The fourth-order valence-corrected chi connectivity index (χ4v) is 2.94. The van der Waals surface area contributed by atoms with Gasteiger partial charge in [0.05, 0.1) is 0 Å². The summed E-state index contributed by atoms with van der Waals surface area (Å²) in [5, 5.41) is 0. The van der Waals surface area contributed by atoms with Crippen LogP contribution in [0, 0.1) is 13.8 Å². The second-order valence-corrected chi connectivity index (χ2v) is 5.21. The van der Waals surface area contributed by atoms with Gasteiger partial charge in [-0.25, -0.2) is 0 Å². The minimum Gasteiger partial charge on any atom is -0.368 e. The van der Waals surface area contributed by atoms with E-state index in [1.54, 1.807) is 0 Å². The number of amides is 1. The molecule has 1 fully saturated rings. The Morgan fingerprint density at radius 2 is 1.72 bits per heavy atom. The van der Waals surface area contributed by atoms with E-state index in [4.69, 9.17) is 5.73 Å². The highest BCUT2D eigenvalue weighted by molar-refractivity contribution is 5.82. The lowest BCUT2D eigenvalue weighted by atomic mass is 9.93. The molecule has 1 aromatic rings. The molecular weight excluding hydrogens is 224 g/mol. The molecule has 1 unspecified atom stereocenters. The van der Waals surface area contributed by atoms with Crippen molar-refractivity contribution < 1.29 is 4.79 Å². The fraction of sp³-hybridized carbons (Fsp3) is 0.533. The molecule has 1 amide bonds. The second kappa shape index (κ2) is 5.53. The summed E-state index contributed by atoms with van der Waals surface area (Å²) in [4.78, 5) is 14.1. The summed E-state index contributed by atoms with van der Waals surface area (Å²) in [5.74, 6) is -0.227. The van der Waals surface area contributed by atoms with E-state index >= 15 is 0 Å². The van der Waals surface area contributed by atoms with Crippen LogP contribution in [0.5, 0.6) is 0 Å². The van der Waals surface area contributed by atoms with Gasteiger partial charge < -0.3 is 5.73 Å². The Balaban J connectivity index is 2.37. The maximum atomic E-state index is 11.9. The van der Waals surface area contributed by atoms with Crippen LogP contribution in [0.15, 0.2) is 18.2 Å². The molecule has 1 aliphatic rings. The number of nitrogens with two attached hydrogens (primary N) is 1. The van der Waals surface area contributed by atoms with Gasteiger partial charge in [-0.2, -0.15) is 0 Å². The van der Waals surface area contributed by atoms with Crippen LogP contribution in [-0.4, -0.2) is 23.9 Å². The molecule has 0 radical (unpaired) electrons. The molecule has 1 saturated heterocycles. The number of aryl methyl sites for hydroxylation is 2. The monoisotopic (exact) mass is 246 g/mol.